The summed E-state index contributed by atoms with van der Waals surface area (Å²) < 4.78 is 55.0. The second kappa shape index (κ2) is 8.10. The van der Waals surface area contributed by atoms with E-state index in [1.807, 2.05) is 0 Å². The monoisotopic (exact) mass is 450 g/mol. The molecule has 12 heteroatoms. The van der Waals surface area contributed by atoms with E-state index in [9.17, 15) is 22.0 Å². The number of amides is 1. The Morgan fingerprint density at radius 1 is 1.26 bits per heavy atom. The first-order valence-corrected chi connectivity index (χ1v) is 11.3. The fourth-order valence-corrected chi connectivity index (χ4v) is 4.19. The molecule has 0 atom stereocenters. The van der Waals surface area contributed by atoms with Gasteiger partial charge in [-0.05, 0) is 31.4 Å². The number of aromatic nitrogens is 3. The van der Waals surface area contributed by atoms with Gasteiger partial charge >= 0.3 is 0 Å². The number of carbonyl (C=O) groups excluding carboxylic acids is 1. The summed E-state index contributed by atoms with van der Waals surface area (Å²) in [6, 6.07) is 2.15. The van der Waals surface area contributed by atoms with Crippen LogP contribution in [0.25, 0.3) is 11.0 Å². The molecule has 1 amide bonds. The predicted octanol–water partition coefficient (Wildman–Crippen LogP) is 3.21. The Labute approximate surface area is 176 Å². The van der Waals surface area contributed by atoms with Crippen molar-refractivity contribution < 1.29 is 22.0 Å². The molecule has 1 aromatic carbocycles. The van der Waals surface area contributed by atoms with Crippen molar-refractivity contribution in [2.75, 3.05) is 21.1 Å². The highest BCUT2D eigenvalue weighted by Crippen LogP contribution is 2.30. The smallest absolute Gasteiger partial charge is 0.259 e. The minimum atomic E-state index is -3.80. The molecule has 0 bridgehead atoms. The number of fused-ring (bicyclic) bond motifs is 1. The minimum absolute atomic E-state index is 0.0620. The van der Waals surface area contributed by atoms with E-state index >= 15 is 0 Å². The Kier molecular flexibility index (Phi) is 5.48. The van der Waals surface area contributed by atoms with E-state index in [1.54, 1.807) is 6.92 Å². The highest BCUT2D eigenvalue weighted by Gasteiger charge is 2.25. The van der Waals surface area contributed by atoms with Gasteiger partial charge in [0.1, 0.15) is 28.9 Å². The van der Waals surface area contributed by atoms with E-state index in [-0.39, 0.29) is 16.8 Å². The summed E-state index contributed by atoms with van der Waals surface area (Å²) in [4.78, 5) is 23.9. The van der Waals surface area contributed by atoms with Crippen LogP contribution < -0.4 is 15.4 Å². The topological polar surface area (TPSA) is 129 Å². The maximum absolute atomic E-state index is 14.8. The summed E-state index contributed by atoms with van der Waals surface area (Å²) in [5.41, 5.74) is -0.367. The van der Waals surface area contributed by atoms with Crippen LogP contribution in [0.15, 0.2) is 24.7 Å². The first kappa shape index (κ1) is 21.0. The second-order valence-electron chi connectivity index (χ2n) is 7.23. The molecule has 0 saturated heterocycles. The molecule has 1 aliphatic rings. The Bertz CT molecular complexity index is 1260. The van der Waals surface area contributed by atoms with Crippen molar-refractivity contribution in [2.24, 2.45) is 0 Å². The largest absolute Gasteiger partial charge is 0.365 e. The lowest BCUT2D eigenvalue weighted by atomic mass is 10.2. The first-order chi connectivity index (χ1) is 14.8. The van der Waals surface area contributed by atoms with Crippen molar-refractivity contribution in [2.45, 2.75) is 32.2 Å². The Balaban J connectivity index is 1.62. The van der Waals surface area contributed by atoms with Gasteiger partial charge in [-0.2, -0.15) is 0 Å². The van der Waals surface area contributed by atoms with Crippen molar-refractivity contribution in [1.82, 2.24) is 15.0 Å². The maximum Gasteiger partial charge on any atom is 0.259 e. The highest BCUT2D eigenvalue weighted by molar-refractivity contribution is 7.92. The van der Waals surface area contributed by atoms with Crippen LogP contribution in [0, 0.1) is 11.6 Å². The van der Waals surface area contributed by atoms with Crippen molar-refractivity contribution in [3.8, 4) is 0 Å². The minimum Gasteiger partial charge on any atom is -0.365 e. The van der Waals surface area contributed by atoms with E-state index in [0.717, 1.165) is 25.0 Å². The number of rotatable bonds is 8. The zero-order chi connectivity index (χ0) is 22.2. The molecule has 9 nitrogen and oxygen atoms in total. The van der Waals surface area contributed by atoms with Gasteiger partial charge in [-0.15, -0.1) is 0 Å². The number of hydrogen-bond acceptors (Lipinski definition) is 6. The first-order valence-electron chi connectivity index (χ1n) is 9.67. The molecule has 0 radical (unpaired) electrons. The van der Waals surface area contributed by atoms with Crippen molar-refractivity contribution >= 4 is 44.2 Å². The van der Waals surface area contributed by atoms with Gasteiger partial charge in [0.15, 0.2) is 11.6 Å². The molecule has 1 fully saturated rings. The molecular weight excluding hydrogens is 430 g/mol. The van der Waals surface area contributed by atoms with Crippen LogP contribution in [0.5, 0.6) is 0 Å². The van der Waals surface area contributed by atoms with Crippen LogP contribution in [-0.4, -0.2) is 41.1 Å². The van der Waals surface area contributed by atoms with Crippen molar-refractivity contribution in [3.63, 3.8) is 0 Å². The fourth-order valence-electron chi connectivity index (χ4n) is 3.06. The van der Waals surface area contributed by atoms with Crippen LogP contribution >= 0.6 is 0 Å². The van der Waals surface area contributed by atoms with Gasteiger partial charge < -0.3 is 15.6 Å². The number of sulfonamides is 1. The number of carbonyl (C=O) groups is 1. The zero-order valence-electron chi connectivity index (χ0n) is 16.5. The molecule has 0 unspecified atom stereocenters. The van der Waals surface area contributed by atoms with E-state index < -0.39 is 38.9 Å². The number of anilines is 3. The lowest BCUT2D eigenvalue weighted by Crippen LogP contribution is -2.19. The normalized spacial score (nSPS) is 13.9. The van der Waals surface area contributed by atoms with E-state index in [0.29, 0.717) is 23.8 Å². The number of H-pyrrole nitrogens is 1. The number of aromatic amines is 1. The summed E-state index contributed by atoms with van der Waals surface area (Å²) in [5.74, 6) is -2.77. The summed E-state index contributed by atoms with van der Waals surface area (Å²) in [6.07, 6.45) is 5.03. The SMILES string of the molecule is CCCS(=O)(=O)Nc1ccc(F)c(NC(=O)c2c[nH]c3c(NC4CC4)ncnc23)c1F. The number of halogens is 2. The molecule has 4 rings (SSSR count). The summed E-state index contributed by atoms with van der Waals surface area (Å²) in [6.45, 7) is 1.66. The van der Waals surface area contributed by atoms with E-state index in [1.165, 1.54) is 12.5 Å². The third-order valence-corrected chi connectivity index (χ3v) is 6.17. The average molecular weight is 450 g/mol. The van der Waals surface area contributed by atoms with Crippen LogP contribution in [0.2, 0.25) is 0 Å². The lowest BCUT2D eigenvalue weighted by molar-refractivity contribution is 0.102. The van der Waals surface area contributed by atoms with Crippen molar-refractivity contribution in [1.29, 1.82) is 0 Å². The molecule has 1 saturated carbocycles. The lowest BCUT2D eigenvalue weighted by Gasteiger charge is -2.12. The second-order valence-corrected chi connectivity index (χ2v) is 9.07. The van der Waals surface area contributed by atoms with Crippen molar-refractivity contribution in [3.05, 3.63) is 41.9 Å². The van der Waals surface area contributed by atoms with Gasteiger partial charge in [-0.1, -0.05) is 6.92 Å². The van der Waals surface area contributed by atoms with Gasteiger partial charge in [0.25, 0.3) is 5.91 Å². The summed E-state index contributed by atoms with van der Waals surface area (Å²) >= 11 is 0. The third-order valence-electron chi connectivity index (χ3n) is 4.69. The molecule has 4 N–H and O–H groups in total. The number of nitrogens with one attached hydrogen (secondary N) is 4. The molecule has 3 aromatic rings. The van der Waals surface area contributed by atoms with Gasteiger partial charge in [0, 0.05) is 12.2 Å². The van der Waals surface area contributed by atoms with Crippen LogP contribution in [0.3, 0.4) is 0 Å². The maximum atomic E-state index is 14.8. The number of hydrogen-bond donors (Lipinski definition) is 4. The molecular formula is C19H20F2N6O3S. The Morgan fingerprint density at radius 3 is 2.74 bits per heavy atom. The fraction of sp³-hybridized carbons (Fsp3) is 0.316. The zero-order valence-corrected chi connectivity index (χ0v) is 17.3. The third kappa shape index (κ3) is 4.43. The van der Waals surface area contributed by atoms with Gasteiger partial charge in [-0.25, -0.2) is 27.2 Å². The molecule has 31 heavy (non-hydrogen) atoms. The van der Waals surface area contributed by atoms with Crippen LogP contribution in [0.1, 0.15) is 36.5 Å². The molecule has 0 spiro atoms. The molecule has 164 valence electrons. The highest BCUT2D eigenvalue weighted by atomic mass is 32.2. The van der Waals surface area contributed by atoms with E-state index in [4.69, 9.17) is 0 Å². The molecule has 0 aliphatic heterocycles. The molecule has 2 aromatic heterocycles. The number of benzene rings is 1. The summed E-state index contributed by atoms with van der Waals surface area (Å²) in [5, 5.41) is 5.40. The van der Waals surface area contributed by atoms with E-state index in [2.05, 4.69) is 30.3 Å². The quantitative estimate of drug-likeness (QED) is 0.417. The van der Waals surface area contributed by atoms with Gasteiger partial charge in [-0.3, -0.25) is 9.52 Å². The standard InChI is InChI=1S/C19H20F2N6O3S/c1-2-7-31(29,30)27-13-6-5-12(20)16(14(13)21)26-19(28)11-8-22-17-15(11)23-9-24-18(17)25-10-3-4-10/h5-6,8-10,22,27H,2-4,7H2,1H3,(H,26,28)(H,23,24,25). The summed E-state index contributed by atoms with van der Waals surface area (Å²) in [7, 11) is -3.80. The Hall–Kier alpha value is -3.28. The Morgan fingerprint density at radius 2 is 2.03 bits per heavy atom. The van der Waals surface area contributed by atoms with Gasteiger partial charge in [0.2, 0.25) is 10.0 Å². The molecule has 1 aliphatic carbocycles. The average Bonchev–Trinajstić information content (AvgIpc) is 3.42. The number of nitrogens with zero attached hydrogens (tertiary/aromatic N) is 2. The molecule has 2 heterocycles. The van der Waals surface area contributed by atoms with Crippen LogP contribution in [-0.2, 0) is 10.0 Å². The van der Waals surface area contributed by atoms with Crippen LogP contribution in [0.4, 0.5) is 26.0 Å². The van der Waals surface area contributed by atoms with Gasteiger partial charge in [0.05, 0.1) is 17.0 Å². The predicted molar refractivity (Wildman–Crippen MR) is 113 cm³/mol.